The van der Waals surface area contributed by atoms with Gasteiger partial charge in [0.15, 0.2) is 0 Å². The predicted molar refractivity (Wildman–Crippen MR) is 65.7 cm³/mol. The second-order valence-corrected chi connectivity index (χ2v) is 4.65. The van der Waals surface area contributed by atoms with E-state index in [1.807, 2.05) is 35.7 Å². The van der Waals surface area contributed by atoms with Gasteiger partial charge in [0.1, 0.15) is 12.4 Å². The third kappa shape index (κ3) is 2.84. The Balaban J connectivity index is 1.95. The number of hydrogen-bond acceptors (Lipinski definition) is 3. The number of aliphatic hydroxyl groups excluding tert-OH is 1. The first-order valence-electron chi connectivity index (χ1n) is 5.19. The number of hydrogen-bond donors (Lipinski definition) is 1. The van der Waals surface area contributed by atoms with Crippen LogP contribution in [0.2, 0.25) is 0 Å². The van der Waals surface area contributed by atoms with Crippen LogP contribution in [0.5, 0.6) is 5.75 Å². The zero-order valence-corrected chi connectivity index (χ0v) is 9.91. The van der Waals surface area contributed by atoms with E-state index in [9.17, 15) is 5.11 Å². The molecule has 0 fully saturated rings. The minimum atomic E-state index is -0.425. The molecule has 2 aromatic rings. The number of thiophene rings is 1. The molecule has 1 aromatic carbocycles. The van der Waals surface area contributed by atoms with E-state index >= 15 is 0 Å². The smallest absolute Gasteiger partial charge is 0.122 e. The molecule has 2 rings (SSSR count). The van der Waals surface area contributed by atoms with Gasteiger partial charge in [-0.15, -0.1) is 11.3 Å². The summed E-state index contributed by atoms with van der Waals surface area (Å²) in [7, 11) is 0. The summed E-state index contributed by atoms with van der Waals surface area (Å²) in [4.78, 5) is 1.21. The summed E-state index contributed by atoms with van der Waals surface area (Å²) in [5.41, 5.74) is 0.906. The lowest BCUT2D eigenvalue weighted by molar-refractivity contribution is 0.199. The lowest BCUT2D eigenvalue weighted by atomic mass is 10.1. The SMILES string of the molecule is C[C@@H](O)c1ccc(OCc2cccs2)cc1. The number of aliphatic hydroxyl groups is 1. The van der Waals surface area contributed by atoms with Crippen LogP contribution in [0.25, 0.3) is 0 Å². The molecular formula is C13H14O2S. The van der Waals surface area contributed by atoms with E-state index in [1.165, 1.54) is 4.88 Å². The summed E-state index contributed by atoms with van der Waals surface area (Å²) in [6.45, 7) is 2.35. The first kappa shape index (κ1) is 11.2. The van der Waals surface area contributed by atoms with Crippen molar-refractivity contribution < 1.29 is 9.84 Å². The largest absolute Gasteiger partial charge is 0.488 e. The molecule has 1 aromatic heterocycles. The van der Waals surface area contributed by atoms with Crippen LogP contribution in [0.3, 0.4) is 0 Å². The molecule has 84 valence electrons. The van der Waals surface area contributed by atoms with Gasteiger partial charge in [0, 0.05) is 4.88 Å². The molecule has 0 amide bonds. The minimum Gasteiger partial charge on any atom is -0.488 e. The van der Waals surface area contributed by atoms with Crippen LogP contribution >= 0.6 is 11.3 Å². The van der Waals surface area contributed by atoms with E-state index in [0.717, 1.165) is 11.3 Å². The highest BCUT2D eigenvalue weighted by Gasteiger charge is 2.01. The van der Waals surface area contributed by atoms with Crippen LogP contribution < -0.4 is 4.74 Å². The molecule has 0 aliphatic rings. The maximum Gasteiger partial charge on any atom is 0.122 e. The maximum atomic E-state index is 9.36. The lowest BCUT2D eigenvalue weighted by Crippen LogP contribution is -1.94. The normalized spacial score (nSPS) is 12.4. The average Bonchev–Trinajstić information content (AvgIpc) is 2.80. The Bertz CT molecular complexity index is 418. The van der Waals surface area contributed by atoms with Gasteiger partial charge in [-0.2, -0.15) is 0 Å². The highest BCUT2D eigenvalue weighted by Crippen LogP contribution is 2.19. The van der Waals surface area contributed by atoms with E-state index in [1.54, 1.807) is 18.3 Å². The van der Waals surface area contributed by atoms with Gasteiger partial charge in [0.05, 0.1) is 6.10 Å². The Labute approximate surface area is 99.1 Å². The van der Waals surface area contributed by atoms with Gasteiger partial charge in [-0.1, -0.05) is 18.2 Å². The molecule has 0 spiro atoms. The molecule has 3 heteroatoms. The fourth-order valence-corrected chi connectivity index (χ4v) is 2.01. The summed E-state index contributed by atoms with van der Waals surface area (Å²) in [6, 6.07) is 11.6. The average molecular weight is 234 g/mol. The fraction of sp³-hybridized carbons (Fsp3) is 0.231. The van der Waals surface area contributed by atoms with Gasteiger partial charge < -0.3 is 9.84 Å². The van der Waals surface area contributed by atoms with Crippen LogP contribution in [-0.2, 0) is 6.61 Å². The molecular weight excluding hydrogens is 220 g/mol. The third-order valence-corrected chi connectivity index (χ3v) is 3.17. The summed E-state index contributed by atoms with van der Waals surface area (Å²) in [5.74, 6) is 0.831. The van der Waals surface area contributed by atoms with Crippen molar-refractivity contribution in [3.8, 4) is 5.75 Å². The van der Waals surface area contributed by atoms with Crippen LogP contribution in [0.1, 0.15) is 23.5 Å². The van der Waals surface area contributed by atoms with Crippen molar-refractivity contribution in [2.45, 2.75) is 19.6 Å². The van der Waals surface area contributed by atoms with Gasteiger partial charge >= 0.3 is 0 Å². The summed E-state index contributed by atoms with van der Waals surface area (Å²) in [6.07, 6.45) is -0.425. The van der Waals surface area contributed by atoms with Crippen molar-refractivity contribution in [2.75, 3.05) is 0 Å². The molecule has 2 nitrogen and oxygen atoms in total. The van der Waals surface area contributed by atoms with Crippen LogP contribution in [0.4, 0.5) is 0 Å². The Morgan fingerprint density at radius 1 is 1.25 bits per heavy atom. The van der Waals surface area contributed by atoms with E-state index in [-0.39, 0.29) is 0 Å². The lowest BCUT2D eigenvalue weighted by Gasteiger charge is -2.07. The van der Waals surface area contributed by atoms with Crippen molar-refractivity contribution in [1.29, 1.82) is 0 Å². The van der Waals surface area contributed by atoms with Crippen molar-refractivity contribution in [2.24, 2.45) is 0 Å². The van der Waals surface area contributed by atoms with E-state index in [2.05, 4.69) is 6.07 Å². The van der Waals surface area contributed by atoms with Gasteiger partial charge in [0.2, 0.25) is 0 Å². The Kier molecular flexibility index (Phi) is 3.59. The molecule has 0 saturated heterocycles. The molecule has 1 atom stereocenters. The summed E-state index contributed by atoms with van der Waals surface area (Å²) >= 11 is 1.69. The molecule has 0 aliphatic heterocycles. The third-order valence-electron chi connectivity index (χ3n) is 2.32. The zero-order valence-electron chi connectivity index (χ0n) is 9.09. The molecule has 0 radical (unpaired) electrons. The molecule has 0 saturated carbocycles. The second kappa shape index (κ2) is 5.14. The fourth-order valence-electron chi connectivity index (χ4n) is 1.39. The molecule has 0 unspecified atom stereocenters. The molecule has 0 aliphatic carbocycles. The van der Waals surface area contributed by atoms with Gasteiger partial charge in [-0.05, 0) is 36.1 Å². The molecule has 16 heavy (non-hydrogen) atoms. The summed E-state index contributed by atoms with van der Waals surface area (Å²) in [5, 5.41) is 11.4. The minimum absolute atomic E-state index is 0.425. The van der Waals surface area contributed by atoms with Crippen LogP contribution in [-0.4, -0.2) is 5.11 Å². The van der Waals surface area contributed by atoms with Crippen molar-refractivity contribution >= 4 is 11.3 Å². The van der Waals surface area contributed by atoms with Crippen molar-refractivity contribution in [3.63, 3.8) is 0 Å². The topological polar surface area (TPSA) is 29.5 Å². The van der Waals surface area contributed by atoms with Crippen LogP contribution in [0, 0.1) is 0 Å². The first-order valence-corrected chi connectivity index (χ1v) is 6.07. The van der Waals surface area contributed by atoms with E-state index < -0.39 is 6.10 Å². The summed E-state index contributed by atoms with van der Waals surface area (Å²) < 4.78 is 5.61. The molecule has 1 heterocycles. The van der Waals surface area contributed by atoms with Crippen molar-refractivity contribution in [3.05, 3.63) is 52.2 Å². The molecule has 0 bridgehead atoms. The number of ether oxygens (including phenoxy) is 1. The zero-order chi connectivity index (χ0) is 11.4. The molecule has 1 N–H and O–H groups in total. The predicted octanol–water partition coefficient (Wildman–Crippen LogP) is 3.38. The van der Waals surface area contributed by atoms with Crippen LogP contribution in [0.15, 0.2) is 41.8 Å². The first-order chi connectivity index (χ1) is 7.75. The highest BCUT2D eigenvalue weighted by atomic mass is 32.1. The maximum absolute atomic E-state index is 9.36. The monoisotopic (exact) mass is 234 g/mol. The van der Waals surface area contributed by atoms with Gasteiger partial charge in [0.25, 0.3) is 0 Å². The quantitative estimate of drug-likeness (QED) is 0.878. The highest BCUT2D eigenvalue weighted by molar-refractivity contribution is 7.09. The number of benzene rings is 1. The van der Waals surface area contributed by atoms with Crippen molar-refractivity contribution in [1.82, 2.24) is 0 Å². The Hall–Kier alpha value is -1.32. The van der Waals surface area contributed by atoms with E-state index in [0.29, 0.717) is 6.61 Å². The number of rotatable bonds is 4. The second-order valence-electron chi connectivity index (χ2n) is 3.61. The van der Waals surface area contributed by atoms with Gasteiger partial charge in [-0.3, -0.25) is 0 Å². The Morgan fingerprint density at radius 2 is 2.00 bits per heavy atom. The van der Waals surface area contributed by atoms with E-state index in [4.69, 9.17) is 4.74 Å². The van der Waals surface area contributed by atoms with Gasteiger partial charge in [-0.25, -0.2) is 0 Å². The standard InChI is InChI=1S/C13H14O2S/c1-10(14)11-4-6-12(7-5-11)15-9-13-3-2-8-16-13/h2-8,10,14H,9H2,1H3/t10-/m1/s1. The Morgan fingerprint density at radius 3 is 2.56 bits per heavy atom.